The maximum Gasteiger partial charge on any atom is 0.267 e. The highest BCUT2D eigenvalue weighted by molar-refractivity contribution is 7.98. The second kappa shape index (κ2) is 8.22. The third-order valence-electron chi connectivity index (χ3n) is 4.93. The topological polar surface area (TPSA) is 93.5 Å². The summed E-state index contributed by atoms with van der Waals surface area (Å²) in [6.07, 6.45) is 1.66. The number of thioether (sulfide) groups is 1. The molecule has 0 unspecified atom stereocenters. The molecule has 5 rings (SSSR count). The summed E-state index contributed by atoms with van der Waals surface area (Å²) < 4.78 is 1.50. The molecule has 0 saturated carbocycles. The van der Waals surface area contributed by atoms with E-state index in [0.29, 0.717) is 49.4 Å². The summed E-state index contributed by atoms with van der Waals surface area (Å²) in [5.74, 6) is 1.27. The van der Waals surface area contributed by atoms with Crippen LogP contribution in [0.5, 0.6) is 0 Å². The van der Waals surface area contributed by atoms with E-state index in [1.54, 1.807) is 36.5 Å². The summed E-state index contributed by atoms with van der Waals surface area (Å²) >= 11 is 7.29. The van der Waals surface area contributed by atoms with Crippen molar-refractivity contribution in [3.63, 3.8) is 0 Å². The van der Waals surface area contributed by atoms with E-state index in [0.717, 1.165) is 5.56 Å². The molecule has 0 aliphatic carbocycles. The highest BCUT2D eigenvalue weighted by Gasteiger charge is 2.15. The lowest BCUT2D eigenvalue weighted by Crippen LogP contribution is -2.23. The van der Waals surface area contributed by atoms with E-state index >= 15 is 0 Å². The number of halogens is 1. The van der Waals surface area contributed by atoms with Gasteiger partial charge in [0.1, 0.15) is 11.6 Å². The number of benzene rings is 2. The standard InChI is InChI=1S/C23H16ClN5O2S/c1-13-8-9-25-20(10-13)29-22(31)15-4-2-3-5-17(15)27-23(29)32-12-19-26-18-7-6-14(24)11-16(18)21(30)28-19/h2-11H,12H2,1H3,(H,26,28,30). The molecule has 7 nitrogen and oxygen atoms in total. The van der Waals surface area contributed by atoms with Crippen molar-refractivity contribution in [2.45, 2.75) is 17.8 Å². The monoisotopic (exact) mass is 461 g/mol. The second-order valence-electron chi connectivity index (χ2n) is 7.21. The van der Waals surface area contributed by atoms with Crippen molar-refractivity contribution in [2.75, 3.05) is 0 Å². The number of hydrogen-bond acceptors (Lipinski definition) is 6. The van der Waals surface area contributed by atoms with Gasteiger partial charge in [0, 0.05) is 11.2 Å². The molecule has 3 heterocycles. The molecular weight excluding hydrogens is 446 g/mol. The number of pyridine rings is 1. The zero-order chi connectivity index (χ0) is 22.2. The molecule has 3 aromatic heterocycles. The largest absolute Gasteiger partial charge is 0.309 e. The fraction of sp³-hybridized carbons (Fsp3) is 0.0870. The molecular formula is C23H16ClN5O2S. The lowest BCUT2D eigenvalue weighted by Gasteiger charge is -2.13. The number of H-pyrrole nitrogens is 1. The first-order valence-electron chi connectivity index (χ1n) is 9.76. The minimum Gasteiger partial charge on any atom is -0.309 e. The van der Waals surface area contributed by atoms with E-state index in [2.05, 4.69) is 15.0 Å². The van der Waals surface area contributed by atoms with Crippen LogP contribution in [0.25, 0.3) is 27.6 Å². The lowest BCUT2D eigenvalue weighted by atomic mass is 10.2. The van der Waals surface area contributed by atoms with E-state index < -0.39 is 0 Å². The highest BCUT2D eigenvalue weighted by atomic mass is 35.5. The van der Waals surface area contributed by atoms with Crippen LogP contribution in [-0.2, 0) is 5.75 Å². The Labute approximate surface area is 191 Å². The first-order valence-corrected chi connectivity index (χ1v) is 11.1. The first-order chi connectivity index (χ1) is 15.5. The van der Waals surface area contributed by atoms with Crippen molar-refractivity contribution in [3.05, 3.63) is 97.9 Å². The summed E-state index contributed by atoms with van der Waals surface area (Å²) in [5.41, 5.74) is 1.66. The van der Waals surface area contributed by atoms with Gasteiger partial charge < -0.3 is 4.98 Å². The van der Waals surface area contributed by atoms with Gasteiger partial charge in [-0.1, -0.05) is 35.5 Å². The van der Waals surface area contributed by atoms with Crippen LogP contribution in [0.2, 0.25) is 5.02 Å². The van der Waals surface area contributed by atoms with E-state index in [1.807, 2.05) is 31.2 Å². The van der Waals surface area contributed by atoms with E-state index in [9.17, 15) is 9.59 Å². The average molecular weight is 462 g/mol. The van der Waals surface area contributed by atoms with Gasteiger partial charge in [-0.2, -0.15) is 0 Å². The number of aromatic nitrogens is 5. The first kappa shape index (κ1) is 20.4. The van der Waals surface area contributed by atoms with E-state index in [4.69, 9.17) is 16.6 Å². The maximum atomic E-state index is 13.3. The van der Waals surface area contributed by atoms with Gasteiger partial charge in [0.2, 0.25) is 0 Å². The highest BCUT2D eigenvalue weighted by Crippen LogP contribution is 2.24. The number of aromatic amines is 1. The molecule has 0 fully saturated rings. The Morgan fingerprint density at radius 1 is 1.00 bits per heavy atom. The van der Waals surface area contributed by atoms with Crippen molar-refractivity contribution in [1.82, 2.24) is 24.5 Å². The minimum atomic E-state index is -0.266. The predicted molar refractivity (Wildman–Crippen MR) is 127 cm³/mol. The van der Waals surface area contributed by atoms with Crippen LogP contribution in [0, 0.1) is 6.92 Å². The molecule has 0 spiro atoms. The number of fused-ring (bicyclic) bond motifs is 2. The Balaban J connectivity index is 1.60. The van der Waals surface area contributed by atoms with Crippen LogP contribution in [-0.4, -0.2) is 24.5 Å². The number of hydrogen-bond donors (Lipinski definition) is 1. The fourth-order valence-corrected chi connectivity index (χ4v) is 4.46. The minimum absolute atomic E-state index is 0.203. The predicted octanol–water partition coefficient (Wildman–Crippen LogP) is 4.27. The van der Waals surface area contributed by atoms with Crippen molar-refractivity contribution in [1.29, 1.82) is 0 Å². The van der Waals surface area contributed by atoms with Crippen molar-refractivity contribution in [2.24, 2.45) is 0 Å². The molecule has 0 aliphatic heterocycles. The number of rotatable bonds is 4. The summed E-state index contributed by atoms with van der Waals surface area (Å²) in [6, 6.07) is 15.9. The number of nitrogens with zero attached hydrogens (tertiary/aromatic N) is 4. The molecule has 158 valence electrons. The van der Waals surface area contributed by atoms with Crippen LogP contribution >= 0.6 is 23.4 Å². The molecule has 5 aromatic rings. The Morgan fingerprint density at radius 2 is 1.81 bits per heavy atom. The Hall–Kier alpha value is -3.49. The maximum absolute atomic E-state index is 13.3. The average Bonchev–Trinajstić information content (AvgIpc) is 2.78. The lowest BCUT2D eigenvalue weighted by molar-refractivity contribution is 0.793. The van der Waals surface area contributed by atoms with Crippen LogP contribution in [0.3, 0.4) is 0 Å². The molecule has 0 bridgehead atoms. The van der Waals surface area contributed by atoms with Gasteiger partial charge >= 0.3 is 0 Å². The molecule has 0 amide bonds. The smallest absolute Gasteiger partial charge is 0.267 e. The third-order valence-corrected chi connectivity index (χ3v) is 6.11. The number of para-hydroxylation sites is 1. The van der Waals surface area contributed by atoms with Crippen molar-refractivity contribution >= 4 is 45.2 Å². The summed E-state index contributed by atoms with van der Waals surface area (Å²) in [5, 5.41) is 1.87. The number of nitrogens with one attached hydrogen (secondary N) is 1. The molecule has 0 atom stereocenters. The molecule has 0 aliphatic rings. The molecule has 0 saturated heterocycles. The Morgan fingerprint density at radius 3 is 2.66 bits per heavy atom. The van der Waals surface area contributed by atoms with Crippen LogP contribution in [0.4, 0.5) is 0 Å². The van der Waals surface area contributed by atoms with Gasteiger partial charge in [-0.05, 0) is 55.0 Å². The van der Waals surface area contributed by atoms with Gasteiger partial charge in [0.25, 0.3) is 11.1 Å². The summed E-state index contributed by atoms with van der Waals surface area (Å²) in [7, 11) is 0. The van der Waals surface area contributed by atoms with Crippen molar-refractivity contribution < 1.29 is 0 Å². The van der Waals surface area contributed by atoms with Crippen LogP contribution in [0.1, 0.15) is 11.4 Å². The van der Waals surface area contributed by atoms with Gasteiger partial charge in [0.15, 0.2) is 5.16 Å². The zero-order valence-electron chi connectivity index (χ0n) is 16.9. The van der Waals surface area contributed by atoms with E-state index in [1.165, 1.54) is 16.3 Å². The normalized spacial score (nSPS) is 11.3. The molecule has 0 radical (unpaired) electrons. The molecule has 9 heteroatoms. The van der Waals surface area contributed by atoms with Gasteiger partial charge in [0.05, 0.1) is 27.6 Å². The summed E-state index contributed by atoms with van der Waals surface area (Å²) in [6.45, 7) is 1.94. The fourth-order valence-electron chi connectivity index (χ4n) is 3.41. The van der Waals surface area contributed by atoms with Crippen LogP contribution in [0.15, 0.2) is 75.5 Å². The molecule has 1 N–H and O–H groups in total. The third kappa shape index (κ3) is 3.79. The van der Waals surface area contributed by atoms with Gasteiger partial charge in [-0.3, -0.25) is 9.59 Å². The Kier molecular flexibility index (Phi) is 5.24. The van der Waals surface area contributed by atoms with Crippen LogP contribution < -0.4 is 11.1 Å². The number of aryl methyl sites for hydroxylation is 1. The second-order valence-corrected chi connectivity index (χ2v) is 8.59. The van der Waals surface area contributed by atoms with E-state index in [-0.39, 0.29) is 11.1 Å². The van der Waals surface area contributed by atoms with Gasteiger partial charge in [-0.25, -0.2) is 19.5 Å². The van der Waals surface area contributed by atoms with Gasteiger partial charge in [-0.15, -0.1) is 0 Å². The molecule has 2 aromatic carbocycles. The van der Waals surface area contributed by atoms with Crippen molar-refractivity contribution in [3.8, 4) is 5.82 Å². The quantitative estimate of drug-likeness (QED) is 0.317. The Bertz CT molecular complexity index is 1610. The zero-order valence-corrected chi connectivity index (χ0v) is 18.4. The summed E-state index contributed by atoms with van der Waals surface area (Å²) in [4.78, 5) is 42.2. The molecule has 32 heavy (non-hydrogen) atoms. The SMILES string of the molecule is Cc1ccnc(-n2c(SCc3nc4ccc(Cl)cc4c(=O)[nH]3)nc3ccccc3c2=O)c1.